The van der Waals surface area contributed by atoms with Crippen LogP contribution in [0, 0.1) is 0 Å². The van der Waals surface area contributed by atoms with Gasteiger partial charge in [-0.1, -0.05) is 60.7 Å². The van der Waals surface area contributed by atoms with Crippen LogP contribution in [0.5, 0.6) is 5.75 Å². The maximum absolute atomic E-state index is 12.5. The highest BCUT2D eigenvalue weighted by atomic mass is 79.9. The molecular formula is C21H18BrF2O3PS. The number of hydrogen-bond acceptors (Lipinski definition) is 3. The fourth-order valence-electron chi connectivity index (χ4n) is 2.71. The second kappa shape index (κ2) is 9.90. The Bertz CT molecular complexity index is 1020. The van der Waals surface area contributed by atoms with Crippen molar-refractivity contribution in [1.82, 2.24) is 0 Å². The van der Waals surface area contributed by atoms with Crippen LogP contribution in [0.15, 0.2) is 77.3 Å². The van der Waals surface area contributed by atoms with Crippen molar-refractivity contribution in [3.05, 3.63) is 88.4 Å². The van der Waals surface area contributed by atoms with Crippen LogP contribution in [-0.4, -0.2) is 11.1 Å². The van der Waals surface area contributed by atoms with Gasteiger partial charge in [-0.25, -0.2) is 4.57 Å². The van der Waals surface area contributed by atoms with Crippen molar-refractivity contribution in [3.63, 3.8) is 0 Å². The third-order valence-electron chi connectivity index (χ3n) is 4.10. The van der Waals surface area contributed by atoms with Gasteiger partial charge in [-0.2, -0.15) is 20.5 Å². The second-order valence-electron chi connectivity index (χ2n) is 6.21. The Balaban J connectivity index is 1.65. The van der Waals surface area contributed by atoms with E-state index in [1.165, 1.54) is 22.8 Å². The molecule has 0 radical (unpaired) electrons. The smallest absolute Gasteiger partial charge is 0.420 e. The summed E-state index contributed by atoms with van der Waals surface area (Å²) in [7, 11) is -4.99. The van der Waals surface area contributed by atoms with Gasteiger partial charge in [0.2, 0.25) is 0 Å². The van der Waals surface area contributed by atoms with Crippen molar-refractivity contribution in [1.29, 1.82) is 0 Å². The first-order chi connectivity index (χ1) is 13.9. The Morgan fingerprint density at radius 1 is 1.00 bits per heavy atom. The zero-order valence-corrected chi connectivity index (χ0v) is 18.5. The molecule has 0 heterocycles. The third kappa shape index (κ3) is 5.92. The maximum atomic E-state index is 12.5. The molecule has 0 aliphatic carbocycles. The summed E-state index contributed by atoms with van der Waals surface area (Å²) >= 11 is 4.93. The molecule has 0 saturated carbocycles. The van der Waals surface area contributed by atoms with E-state index in [-0.39, 0.29) is 5.75 Å². The zero-order chi connectivity index (χ0) is 20.9. The Labute approximate surface area is 180 Å². The van der Waals surface area contributed by atoms with E-state index in [9.17, 15) is 18.2 Å². The Kier molecular flexibility index (Phi) is 7.52. The van der Waals surface area contributed by atoms with Gasteiger partial charge >= 0.3 is 13.8 Å². The lowest BCUT2D eigenvalue weighted by Crippen LogP contribution is -2.01. The first-order valence-corrected chi connectivity index (χ1v) is 12.3. The van der Waals surface area contributed by atoms with E-state index in [0.717, 1.165) is 11.3 Å². The van der Waals surface area contributed by atoms with Gasteiger partial charge in [0.1, 0.15) is 5.75 Å². The van der Waals surface area contributed by atoms with E-state index in [1.807, 2.05) is 30.3 Å². The topological polar surface area (TPSA) is 46.5 Å². The summed E-state index contributed by atoms with van der Waals surface area (Å²) in [6.45, 7) is 0. The summed E-state index contributed by atoms with van der Waals surface area (Å²) in [5.41, 5.74) is 4.52. The minimum Gasteiger partial charge on any atom is -0.420 e. The standard InChI is InChI=1S/C21H18BrF2O3PS/c22-19-12-15(10-11-20(19)27-28(25,26)21(23)24)13-29-14-17-8-4-5-9-18(17)16-6-2-1-3-7-16/h1-12,21H,13-14H2,(H,25,26). The first kappa shape index (κ1) is 22.0. The highest BCUT2D eigenvalue weighted by Gasteiger charge is 2.34. The van der Waals surface area contributed by atoms with E-state index >= 15 is 0 Å². The predicted octanol–water partition coefficient (Wildman–Crippen LogP) is 7.34. The Morgan fingerprint density at radius 3 is 2.38 bits per heavy atom. The minimum absolute atomic E-state index is 0.0840. The molecule has 152 valence electrons. The molecule has 0 spiro atoms. The van der Waals surface area contributed by atoms with Gasteiger partial charge in [-0.05, 0) is 50.3 Å². The molecule has 0 fully saturated rings. The molecule has 3 aromatic carbocycles. The van der Waals surface area contributed by atoms with Gasteiger partial charge in [0, 0.05) is 11.5 Å². The van der Waals surface area contributed by atoms with Gasteiger partial charge < -0.3 is 9.42 Å². The molecule has 0 aromatic heterocycles. The van der Waals surface area contributed by atoms with Crippen LogP contribution in [0.25, 0.3) is 11.1 Å². The quantitative estimate of drug-likeness (QED) is 0.330. The van der Waals surface area contributed by atoms with E-state index in [4.69, 9.17) is 0 Å². The number of alkyl halides is 2. The van der Waals surface area contributed by atoms with Crippen molar-refractivity contribution in [3.8, 4) is 16.9 Å². The second-order valence-corrected chi connectivity index (χ2v) is 9.75. The molecule has 0 amide bonds. The van der Waals surface area contributed by atoms with Gasteiger partial charge in [-0.3, -0.25) is 0 Å². The van der Waals surface area contributed by atoms with Crippen molar-refractivity contribution < 1.29 is 22.8 Å². The summed E-state index contributed by atoms with van der Waals surface area (Å²) in [5.74, 6) is 1.41. The molecule has 0 saturated heterocycles. The van der Waals surface area contributed by atoms with Gasteiger partial charge in [0.15, 0.2) is 0 Å². The van der Waals surface area contributed by atoms with Crippen molar-refractivity contribution in [2.24, 2.45) is 0 Å². The minimum atomic E-state index is -4.99. The van der Waals surface area contributed by atoms with Gasteiger partial charge in [0.05, 0.1) is 4.47 Å². The lowest BCUT2D eigenvalue weighted by Gasteiger charge is -2.14. The van der Waals surface area contributed by atoms with Gasteiger partial charge in [0.25, 0.3) is 0 Å². The largest absolute Gasteiger partial charge is 0.442 e. The molecule has 8 heteroatoms. The molecular weight excluding hydrogens is 481 g/mol. The lowest BCUT2D eigenvalue weighted by atomic mass is 10.0. The van der Waals surface area contributed by atoms with Crippen molar-refractivity contribution >= 4 is 35.3 Å². The first-order valence-electron chi connectivity index (χ1n) is 8.66. The molecule has 3 nitrogen and oxygen atoms in total. The zero-order valence-electron chi connectivity index (χ0n) is 15.2. The summed E-state index contributed by atoms with van der Waals surface area (Å²) in [4.78, 5) is 9.18. The average Bonchev–Trinajstić information content (AvgIpc) is 2.71. The van der Waals surface area contributed by atoms with Crippen molar-refractivity contribution in [2.45, 2.75) is 17.7 Å². The molecule has 0 bridgehead atoms. The van der Waals surface area contributed by atoms with E-state index in [0.29, 0.717) is 10.2 Å². The fraction of sp³-hybridized carbons (Fsp3) is 0.143. The molecule has 1 atom stereocenters. The van der Waals surface area contributed by atoms with Crippen LogP contribution < -0.4 is 4.52 Å². The fourth-order valence-corrected chi connectivity index (χ4v) is 4.86. The van der Waals surface area contributed by atoms with Gasteiger partial charge in [-0.15, -0.1) is 0 Å². The summed E-state index contributed by atoms with van der Waals surface area (Å²) < 4.78 is 41.4. The Morgan fingerprint density at radius 2 is 1.69 bits per heavy atom. The van der Waals surface area contributed by atoms with Crippen LogP contribution in [-0.2, 0) is 16.1 Å². The van der Waals surface area contributed by atoms with Crippen LogP contribution in [0.3, 0.4) is 0 Å². The molecule has 3 rings (SSSR count). The highest BCUT2D eigenvalue weighted by molar-refractivity contribution is 9.10. The number of thioether (sulfide) groups is 1. The van der Waals surface area contributed by atoms with E-state index in [1.54, 1.807) is 23.9 Å². The van der Waals surface area contributed by atoms with E-state index < -0.39 is 13.8 Å². The third-order valence-corrected chi connectivity index (χ3v) is 6.72. The van der Waals surface area contributed by atoms with E-state index in [2.05, 4.69) is 44.7 Å². The van der Waals surface area contributed by atoms with Crippen LogP contribution in [0.4, 0.5) is 8.78 Å². The summed E-state index contributed by atoms with van der Waals surface area (Å²) in [6.07, 6.45) is -3.45. The number of rotatable bonds is 8. The predicted molar refractivity (Wildman–Crippen MR) is 117 cm³/mol. The monoisotopic (exact) mass is 498 g/mol. The van der Waals surface area contributed by atoms with Crippen LogP contribution in [0.2, 0.25) is 0 Å². The van der Waals surface area contributed by atoms with Crippen molar-refractivity contribution in [2.75, 3.05) is 0 Å². The summed E-state index contributed by atoms with van der Waals surface area (Å²) in [5, 5.41) is 0. The number of halogens is 3. The normalized spacial score (nSPS) is 13.3. The molecule has 1 N–H and O–H groups in total. The molecule has 3 aromatic rings. The highest BCUT2D eigenvalue weighted by Crippen LogP contribution is 2.50. The lowest BCUT2D eigenvalue weighted by molar-refractivity contribution is 0.188. The molecule has 29 heavy (non-hydrogen) atoms. The maximum Gasteiger partial charge on any atom is 0.442 e. The molecule has 1 unspecified atom stereocenters. The molecule has 0 aliphatic heterocycles. The number of benzene rings is 3. The average molecular weight is 499 g/mol. The Hall–Kier alpha value is -1.66. The SMILES string of the molecule is O=P(O)(Oc1ccc(CSCc2ccccc2-c2ccccc2)cc1Br)C(F)F. The molecule has 0 aliphatic rings. The summed E-state index contributed by atoms with van der Waals surface area (Å²) in [6, 6.07) is 23.2. The van der Waals surface area contributed by atoms with Crippen LogP contribution >= 0.6 is 35.3 Å². The number of hydrogen-bond donors (Lipinski definition) is 1. The van der Waals surface area contributed by atoms with Crippen LogP contribution in [0.1, 0.15) is 11.1 Å².